The van der Waals surface area contributed by atoms with E-state index in [4.69, 9.17) is 16.3 Å². The average Bonchev–Trinajstić information content (AvgIpc) is 2.29. The second-order valence-corrected chi connectivity index (χ2v) is 4.14. The molecule has 0 amide bonds. The van der Waals surface area contributed by atoms with Crippen LogP contribution in [0.15, 0.2) is 12.1 Å². The monoisotopic (exact) mass is 240 g/mol. The molecule has 1 saturated heterocycles. The summed E-state index contributed by atoms with van der Waals surface area (Å²) in [5.74, 6) is 0.654. The minimum atomic E-state index is 0.333. The molecule has 1 aliphatic rings. The average molecular weight is 241 g/mol. The Balaban J connectivity index is 2.07. The van der Waals surface area contributed by atoms with Crippen LogP contribution < -0.4 is 5.32 Å². The van der Waals surface area contributed by atoms with Gasteiger partial charge in [0.25, 0.3) is 0 Å². The molecule has 0 bridgehead atoms. The van der Waals surface area contributed by atoms with Crippen LogP contribution in [0.3, 0.4) is 0 Å². The summed E-state index contributed by atoms with van der Waals surface area (Å²) in [5, 5.41) is 3.59. The van der Waals surface area contributed by atoms with Crippen molar-refractivity contribution in [3.8, 4) is 0 Å². The van der Waals surface area contributed by atoms with Gasteiger partial charge >= 0.3 is 0 Å². The topological polar surface area (TPSA) is 51.2 Å². The van der Waals surface area contributed by atoms with Gasteiger partial charge in [-0.2, -0.15) is 0 Å². The molecule has 1 fully saturated rings. The van der Waals surface area contributed by atoms with Crippen molar-refractivity contribution < 1.29 is 9.53 Å². The number of carbonyl (C=O) groups excluding carboxylic acids is 1. The number of nitrogens with zero attached hydrogens (tertiary/aromatic N) is 1. The number of carbonyl (C=O) groups is 1. The summed E-state index contributed by atoms with van der Waals surface area (Å²) in [6, 6.07) is 3.59. The van der Waals surface area contributed by atoms with Gasteiger partial charge in [0, 0.05) is 24.8 Å². The van der Waals surface area contributed by atoms with E-state index in [1.807, 2.05) is 0 Å². The highest BCUT2D eigenvalue weighted by molar-refractivity contribution is 6.29. The van der Waals surface area contributed by atoms with Gasteiger partial charge < -0.3 is 10.1 Å². The van der Waals surface area contributed by atoms with E-state index in [1.165, 1.54) is 0 Å². The molecule has 1 aliphatic heterocycles. The van der Waals surface area contributed by atoms with Crippen LogP contribution in [0.4, 0.5) is 5.82 Å². The molecule has 1 aromatic rings. The zero-order valence-corrected chi connectivity index (χ0v) is 9.54. The van der Waals surface area contributed by atoms with Crippen LogP contribution in [-0.2, 0) is 4.74 Å². The predicted molar refractivity (Wildman–Crippen MR) is 62.1 cm³/mol. The van der Waals surface area contributed by atoms with E-state index in [0.29, 0.717) is 22.6 Å². The van der Waals surface area contributed by atoms with Crippen molar-refractivity contribution in [3.63, 3.8) is 0 Å². The van der Waals surface area contributed by atoms with Crippen LogP contribution in [-0.4, -0.2) is 30.5 Å². The highest BCUT2D eigenvalue weighted by Gasteiger charge is 2.14. The lowest BCUT2D eigenvalue weighted by Gasteiger charge is -2.23. The summed E-state index contributed by atoms with van der Waals surface area (Å²) in [5.41, 5.74) is 0.537. The van der Waals surface area contributed by atoms with E-state index in [1.54, 1.807) is 12.1 Å². The van der Waals surface area contributed by atoms with Gasteiger partial charge in [-0.25, -0.2) is 4.98 Å². The maximum Gasteiger partial charge on any atom is 0.150 e. The molecule has 0 radical (unpaired) electrons. The lowest BCUT2D eigenvalue weighted by Crippen LogP contribution is -2.28. The molecule has 16 heavy (non-hydrogen) atoms. The highest BCUT2D eigenvalue weighted by Crippen LogP contribution is 2.17. The molecule has 5 heteroatoms. The van der Waals surface area contributed by atoms with Gasteiger partial charge in [-0.1, -0.05) is 11.6 Å². The fourth-order valence-electron chi connectivity index (χ4n) is 1.71. The van der Waals surface area contributed by atoms with Crippen LogP contribution in [0.25, 0.3) is 0 Å². The van der Waals surface area contributed by atoms with Crippen LogP contribution >= 0.6 is 11.6 Å². The van der Waals surface area contributed by atoms with Crippen molar-refractivity contribution in [2.24, 2.45) is 0 Å². The Hall–Kier alpha value is -1.13. The molecule has 2 heterocycles. The Morgan fingerprint density at radius 2 is 2.19 bits per heavy atom. The van der Waals surface area contributed by atoms with Gasteiger partial charge in [0.2, 0.25) is 0 Å². The third kappa shape index (κ3) is 2.93. The summed E-state index contributed by atoms with van der Waals surface area (Å²) in [6.07, 6.45) is 2.66. The number of aldehydes is 1. The molecule has 1 N–H and O–H groups in total. The molecule has 2 rings (SSSR count). The van der Waals surface area contributed by atoms with E-state index in [9.17, 15) is 4.79 Å². The summed E-state index contributed by atoms with van der Waals surface area (Å²) >= 11 is 5.81. The fraction of sp³-hybridized carbons (Fsp3) is 0.455. The Bertz CT molecular complexity index is 378. The fourth-order valence-corrected chi connectivity index (χ4v) is 1.93. The van der Waals surface area contributed by atoms with E-state index in [0.717, 1.165) is 32.3 Å². The Morgan fingerprint density at radius 1 is 1.44 bits per heavy atom. The first-order valence-corrected chi connectivity index (χ1v) is 5.63. The molecule has 0 spiro atoms. The van der Waals surface area contributed by atoms with E-state index in [-0.39, 0.29) is 0 Å². The SMILES string of the molecule is O=Cc1cc(Cl)nc(NC2CCOCC2)c1. The minimum absolute atomic E-state index is 0.333. The van der Waals surface area contributed by atoms with Gasteiger partial charge in [0.05, 0.1) is 0 Å². The van der Waals surface area contributed by atoms with E-state index in [2.05, 4.69) is 10.3 Å². The van der Waals surface area contributed by atoms with Crippen LogP contribution in [0.2, 0.25) is 5.15 Å². The number of nitrogens with one attached hydrogen (secondary N) is 1. The number of pyridine rings is 1. The maximum absolute atomic E-state index is 10.7. The van der Waals surface area contributed by atoms with Crippen molar-refractivity contribution in [2.75, 3.05) is 18.5 Å². The molecule has 0 atom stereocenters. The predicted octanol–water partition coefficient (Wildman–Crippen LogP) is 2.14. The maximum atomic E-state index is 10.7. The van der Waals surface area contributed by atoms with Crippen molar-refractivity contribution >= 4 is 23.7 Å². The second-order valence-electron chi connectivity index (χ2n) is 3.76. The molecule has 1 aromatic heterocycles. The van der Waals surface area contributed by atoms with Crippen LogP contribution in [0, 0.1) is 0 Å². The molecule has 86 valence electrons. The molecule has 0 aromatic carbocycles. The van der Waals surface area contributed by atoms with Crippen LogP contribution in [0.5, 0.6) is 0 Å². The minimum Gasteiger partial charge on any atom is -0.381 e. The van der Waals surface area contributed by atoms with Gasteiger partial charge in [-0.3, -0.25) is 4.79 Å². The normalized spacial score (nSPS) is 17.1. The standard InChI is InChI=1S/C11H13ClN2O2/c12-10-5-8(7-15)6-11(14-10)13-9-1-3-16-4-2-9/h5-7,9H,1-4H2,(H,13,14). The number of halogens is 1. The van der Waals surface area contributed by atoms with Crippen LogP contribution in [0.1, 0.15) is 23.2 Å². The summed E-state index contributed by atoms with van der Waals surface area (Å²) in [7, 11) is 0. The third-order valence-corrected chi connectivity index (χ3v) is 2.72. The summed E-state index contributed by atoms with van der Waals surface area (Å²) in [6.45, 7) is 1.53. The lowest BCUT2D eigenvalue weighted by molar-refractivity contribution is 0.0904. The van der Waals surface area contributed by atoms with Gasteiger partial charge in [-0.15, -0.1) is 0 Å². The largest absolute Gasteiger partial charge is 0.381 e. The number of ether oxygens (including phenoxy) is 1. The molecule has 0 unspecified atom stereocenters. The molecule has 0 saturated carbocycles. The zero-order valence-electron chi connectivity index (χ0n) is 8.78. The number of hydrogen-bond acceptors (Lipinski definition) is 4. The van der Waals surface area contributed by atoms with Crippen molar-refractivity contribution in [1.82, 2.24) is 4.98 Å². The zero-order chi connectivity index (χ0) is 11.4. The summed E-state index contributed by atoms with van der Waals surface area (Å²) < 4.78 is 5.26. The number of hydrogen-bond donors (Lipinski definition) is 1. The number of aromatic nitrogens is 1. The van der Waals surface area contributed by atoms with Crippen molar-refractivity contribution in [1.29, 1.82) is 0 Å². The van der Waals surface area contributed by atoms with E-state index >= 15 is 0 Å². The van der Waals surface area contributed by atoms with E-state index < -0.39 is 0 Å². The van der Waals surface area contributed by atoms with Crippen molar-refractivity contribution in [2.45, 2.75) is 18.9 Å². The summed E-state index contributed by atoms with van der Waals surface area (Å²) in [4.78, 5) is 14.8. The first-order valence-electron chi connectivity index (χ1n) is 5.25. The second kappa shape index (κ2) is 5.27. The first kappa shape index (κ1) is 11.4. The van der Waals surface area contributed by atoms with Crippen molar-refractivity contribution in [3.05, 3.63) is 22.8 Å². The molecule has 4 nitrogen and oxygen atoms in total. The van der Waals surface area contributed by atoms with Gasteiger partial charge in [-0.05, 0) is 25.0 Å². The molecular formula is C11H13ClN2O2. The Morgan fingerprint density at radius 3 is 2.88 bits per heavy atom. The Labute approximate surface area is 99.0 Å². The lowest BCUT2D eigenvalue weighted by atomic mass is 10.1. The highest BCUT2D eigenvalue weighted by atomic mass is 35.5. The number of rotatable bonds is 3. The first-order chi connectivity index (χ1) is 7.78. The molecule has 0 aliphatic carbocycles. The molecular weight excluding hydrogens is 228 g/mol. The van der Waals surface area contributed by atoms with Gasteiger partial charge in [0.1, 0.15) is 17.3 Å². The smallest absolute Gasteiger partial charge is 0.150 e. The quantitative estimate of drug-likeness (QED) is 0.650. The number of anilines is 1. The Kier molecular flexibility index (Phi) is 3.74. The third-order valence-electron chi connectivity index (χ3n) is 2.53. The van der Waals surface area contributed by atoms with Gasteiger partial charge in [0.15, 0.2) is 0 Å².